The minimum atomic E-state index is -1.17. The molecule has 1 atom stereocenters. The fraction of sp³-hybridized carbons (Fsp3) is 0.364. The van der Waals surface area contributed by atoms with E-state index in [4.69, 9.17) is 10.8 Å². The molecule has 0 aliphatic rings. The molecule has 0 fully saturated rings. The van der Waals surface area contributed by atoms with E-state index in [0.29, 0.717) is 5.75 Å². The van der Waals surface area contributed by atoms with Crippen LogP contribution >= 0.6 is 11.8 Å². The minimum absolute atomic E-state index is 0.368. The Morgan fingerprint density at radius 1 is 1.53 bits per heavy atom. The van der Waals surface area contributed by atoms with Gasteiger partial charge in [0.15, 0.2) is 0 Å². The lowest BCUT2D eigenvalue weighted by Gasteiger charge is -2.18. The lowest BCUT2D eigenvalue weighted by molar-refractivity contribution is -0.141. The van der Waals surface area contributed by atoms with Gasteiger partial charge in [-0.3, -0.25) is 4.79 Å². The number of hydrogen-bond acceptors (Lipinski definition) is 3. The van der Waals surface area contributed by atoms with Crippen LogP contribution in [0.3, 0.4) is 0 Å². The van der Waals surface area contributed by atoms with E-state index in [1.807, 2.05) is 31.2 Å². The Kier molecular flexibility index (Phi) is 3.77. The maximum Gasteiger partial charge on any atom is 0.324 e. The number of carbonyl (C=O) groups is 1. The van der Waals surface area contributed by atoms with Crippen molar-refractivity contribution in [1.29, 1.82) is 0 Å². The van der Waals surface area contributed by atoms with Crippen molar-refractivity contribution in [2.45, 2.75) is 24.3 Å². The molecule has 0 aromatic heterocycles. The molecule has 0 saturated heterocycles. The monoisotopic (exact) mass is 225 g/mol. The van der Waals surface area contributed by atoms with E-state index < -0.39 is 11.5 Å². The lowest BCUT2D eigenvalue weighted by atomic mass is 10.1. The highest BCUT2D eigenvalue weighted by atomic mass is 32.2. The predicted molar refractivity (Wildman–Crippen MR) is 62.1 cm³/mol. The SMILES string of the molecule is Cc1ccccc1SCC(C)(N)C(=O)O. The van der Waals surface area contributed by atoms with Crippen molar-refractivity contribution in [3.63, 3.8) is 0 Å². The standard InChI is InChI=1S/C11H15NO2S/c1-8-5-3-4-6-9(8)15-7-11(2,12)10(13)14/h3-6H,7,12H2,1-2H3,(H,13,14). The van der Waals surface area contributed by atoms with Crippen LogP contribution in [0.5, 0.6) is 0 Å². The fourth-order valence-electron chi connectivity index (χ4n) is 1.01. The molecule has 0 amide bonds. The van der Waals surface area contributed by atoms with Crippen molar-refractivity contribution in [1.82, 2.24) is 0 Å². The van der Waals surface area contributed by atoms with Crippen molar-refractivity contribution < 1.29 is 9.90 Å². The zero-order chi connectivity index (χ0) is 11.5. The summed E-state index contributed by atoms with van der Waals surface area (Å²) in [6, 6.07) is 7.86. The first-order valence-corrected chi connectivity index (χ1v) is 5.63. The molecule has 0 heterocycles. The van der Waals surface area contributed by atoms with E-state index >= 15 is 0 Å². The summed E-state index contributed by atoms with van der Waals surface area (Å²) in [7, 11) is 0. The molecule has 3 N–H and O–H groups in total. The van der Waals surface area contributed by atoms with Gasteiger partial charge < -0.3 is 10.8 Å². The molecule has 0 aliphatic heterocycles. The molecule has 1 aromatic rings. The van der Waals surface area contributed by atoms with Crippen molar-refractivity contribution in [3.05, 3.63) is 29.8 Å². The van der Waals surface area contributed by atoms with Gasteiger partial charge in [0.1, 0.15) is 5.54 Å². The normalized spacial score (nSPS) is 14.6. The van der Waals surface area contributed by atoms with Gasteiger partial charge in [-0.2, -0.15) is 0 Å². The molecular formula is C11H15NO2S. The first kappa shape index (κ1) is 12.1. The van der Waals surface area contributed by atoms with Gasteiger partial charge in [0.05, 0.1) is 0 Å². The second-order valence-electron chi connectivity index (χ2n) is 3.78. The summed E-state index contributed by atoms with van der Waals surface area (Å²) in [6.07, 6.45) is 0. The molecule has 1 unspecified atom stereocenters. The number of carboxylic acids is 1. The molecule has 82 valence electrons. The summed E-state index contributed by atoms with van der Waals surface area (Å²) in [5.41, 5.74) is 5.61. The third kappa shape index (κ3) is 3.25. The highest BCUT2D eigenvalue weighted by Gasteiger charge is 2.27. The molecule has 3 nitrogen and oxygen atoms in total. The molecule has 0 aliphatic carbocycles. The molecule has 15 heavy (non-hydrogen) atoms. The van der Waals surface area contributed by atoms with E-state index in [-0.39, 0.29) is 0 Å². The van der Waals surface area contributed by atoms with Crippen LogP contribution < -0.4 is 5.73 Å². The second kappa shape index (κ2) is 4.68. The van der Waals surface area contributed by atoms with Gasteiger partial charge in [-0.1, -0.05) is 18.2 Å². The van der Waals surface area contributed by atoms with Gasteiger partial charge >= 0.3 is 5.97 Å². The van der Waals surface area contributed by atoms with Crippen molar-refractivity contribution in [2.75, 3.05) is 5.75 Å². The number of benzene rings is 1. The van der Waals surface area contributed by atoms with Gasteiger partial charge in [-0.05, 0) is 25.5 Å². The Morgan fingerprint density at radius 3 is 2.67 bits per heavy atom. The summed E-state index contributed by atoms with van der Waals surface area (Å²) >= 11 is 1.48. The van der Waals surface area contributed by atoms with Crippen molar-refractivity contribution in [2.24, 2.45) is 5.73 Å². The molecule has 1 aromatic carbocycles. The van der Waals surface area contributed by atoms with Crippen LogP contribution in [0.25, 0.3) is 0 Å². The molecule has 0 bridgehead atoms. The largest absolute Gasteiger partial charge is 0.480 e. The Labute approximate surface area is 93.7 Å². The van der Waals surface area contributed by atoms with Crippen LogP contribution in [0, 0.1) is 6.92 Å². The zero-order valence-electron chi connectivity index (χ0n) is 8.86. The first-order valence-electron chi connectivity index (χ1n) is 4.64. The second-order valence-corrected chi connectivity index (χ2v) is 4.79. The van der Waals surface area contributed by atoms with Gasteiger partial charge in [0, 0.05) is 10.6 Å². The third-order valence-electron chi connectivity index (χ3n) is 2.11. The maximum absolute atomic E-state index is 10.8. The van der Waals surface area contributed by atoms with Gasteiger partial charge in [0.25, 0.3) is 0 Å². The average molecular weight is 225 g/mol. The molecule has 1 rings (SSSR count). The van der Waals surface area contributed by atoms with E-state index in [2.05, 4.69) is 0 Å². The predicted octanol–water partition coefficient (Wildman–Crippen LogP) is 1.89. The van der Waals surface area contributed by atoms with E-state index in [1.165, 1.54) is 18.7 Å². The summed E-state index contributed by atoms with van der Waals surface area (Å²) in [5.74, 6) is -0.601. The highest BCUT2D eigenvalue weighted by Crippen LogP contribution is 2.24. The van der Waals surface area contributed by atoms with Crippen LogP contribution in [0.15, 0.2) is 29.2 Å². The lowest BCUT2D eigenvalue weighted by Crippen LogP contribution is -2.47. The van der Waals surface area contributed by atoms with E-state index in [1.54, 1.807) is 0 Å². The van der Waals surface area contributed by atoms with Crippen LogP contribution in [-0.4, -0.2) is 22.4 Å². The first-order chi connectivity index (χ1) is 6.93. The Balaban J connectivity index is 2.66. The molecule has 0 saturated carbocycles. The maximum atomic E-state index is 10.8. The van der Waals surface area contributed by atoms with Crippen LogP contribution in [0.2, 0.25) is 0 Å². The minimum Gasteiger partial charge on any atom is -0.480 e. The molecule has 0 radical (unpaired) electrons. The van der Waals surface area contributed by atoms with Crippen LogP contribution in [0.1, 0.15) is 12.5 Å². The summed E-state index contributed by atoms with van der Waals surface area (Å²) in [6.45, 7) is 3.53. The summed E-state index contributed by atoms with van der Waals surface area (Å²) in [4.78, 5) is 11.9. The molecule has 4 heteroatoms. The van der Waals surface area contributed by atoms with Gasteiger partial charge in [0.2, 0.25) is 0 Å². The van der Waals surface area contributed by atoms with Crippen molar-refractivity contribution in [3.8, 4) is 0 Å². The third-order valence-corrected chi connectivity index (χ3v) is 3.62. The number of nitrogens with two attached hydrogens (primary N) is 1. The number of aryl methyl sites for hydroxylation is 1. The van der Waals surface area contributed by atoms with E-state index in [9.17, 15) is 4.79 Å². The number of carboxylic acid groups (broad SMARTS) is 1. The number of aliphatic carboxylic acids is 1. The highest BCUT2D eigenvalue weighted by molar-refractivity contribution is 7.99. The van der Waals surface area contributed by atoms with E-state index in [0.717, 1.165) is 10.5 Å². The smallest absolute Gasteiger partial charge is 0.324 e. The Hall–Kier alpha value is -1.00. The summed E-state index contributed by atoms with van der Waals surface area (Å²) < 4.78 is 0. The zero-order valence-corrected chi connectivity index (χ0v) is 9.67. The fourth-order valence-corrected chi connectivity index (χ4v) is 2.06. The molecular weight excluding hydrogens is 210 g/mol. The quantitative estimate of drug-likeness (QED) is 0.768. The Morgan fingerprint density at radius 2 is 2.13 bits per heavy atom. The van der Waals surface area contributed by atoms with Gasteiger partial charge in [-0.15, -0.1) is 11.8 Å². The Bertz CT molecular complexity index is 363. The summed E-state index contributed by atoms with van der Waals surface area (Å²) in [5, 5.41) is 8.85. The number of thioether (sulfide) groups is 1. The topological polar surface area (TPSA) is 63.3 Å². The van der Waals surface area contributed by atoms with Crippen molar-refractivity contribution >= 4 is 17.7 Å². The van der Waals surface area contributed by atoms with Gasteiger partial charge in [-0.25, -0.2) is 0 Å². The average Bonchev–Trinajstić information content (AvgIpc) is 2.16. The number of rotatable bonds is 4. The van der Waals surface area contributed by atoms with Crippen LogP contribution in [-0.2, 0) is 4.79 Å². The molecule has 0 spiro atoms. The van der Waals surface area contributed by atoms with Crippen LogP contribution in [0.4, 0.5) is 0 Å². The number of hydrogen-bond donors (Lipinski definition) is 2.